The van der Waals surface area contributed by atoms with Crippen LogP contribution in [0.1, 0.15) is 39.0 Å². The van der Waals surface area contributed by atoms with E-state index in [0.717, 1.165) is 44.2 Å². The van der Waals surface area contributed by atoms with Gasteiger partial charge < -0.3 is 14.5 Å². The third kappa shape index (κ3) is 4.50. The molecule has 5 heteroatoms. The minimum absolute atomic E-state index is 0.0687. The molecule has 25 heavy (non-hydrogen) atoms. The number of hydrogen-bond acceptors (Lipinski definition) is 4. The summed E-state index contributed by atoms with van der Waals surface area (Å²) in [6, 6.07) is 10.1. The van der Waals surface area contributed by atoms with Crippen LogP contribution < -0.4 is 5.32 Å². The maximum atomic E-state index is 12.8. The van der Waals surface area contributed by atoms with Gasteiger partial charge in [-0.1, -0.05) is 29.8 Å². The predicted octanol–water partition coefficient (Wildman–Crippen LogP) is 3.01. The highest BCUT2D eigenvalue weighted by atomic mass is 16.5. The van der Waals surface area contributed by atoms with Gasteiger partial charge in [0.15, 0.2) is 0 Å². The largest absolute Gasteiger partial charge is 0.466 e. The molecule has 134 valence electrons. The standard InChI is InChI=1S/C20H26N2O3/c1-14-4-6-17(7-5-14)19(13-22-8-10-24-11-9-22)21-20(23)18-12-15(2)25-16(18)3/h4-7,12,19H,8-11,13H2,1-3H3,(H,21,23)/t19-/m0/s1. The fourth-order valence-corrected chi connectivity index (χ4v) is 3.17. The van der Waals surface area contributed by atoms with Crippen LogP contribution in [0.15, 0.2) is 34.7 Å². The van der Waals surface area contributed by atoms with Crippen LogP contribution in [0.25, 0.3) is 0 Å². The Morgan fingerprint density at radius 3 is 2.44 bits per heavy atom. The van der Waals surface area contributed by atoms with Gasteiger partial charge in [-0.15, -0.1) is 0 Å². The number of ether oxygens (including phenoxy) is 1. The molecule has 0 saturated carbocycles. The Morgan fingerprint density at radius 2 is 1.84 bits per heavy atom. The summed E-state index contributed by atoms with van der Waals surface area (Å²) < 4.78 is 10.9. The summed E-state index contributed by atoms with van der Waals surface area (Å²) in [6.45, 7) is 9.79. The first-order chi connectivity index (χ1) is 12.0. The molecule has 0 unspecified atom stereocenters. The predicted molar refractivity (Wildman–Crippen MR) is 96.8 cm³/mol. The second-order valence-corrected chi connectivity index (χ2v) is 6.68. The fourth-order valence-electron chi connectivity index (χ4n) is 3.17. The molecule has 1 fully saturated rings. The smallest absolute Gasteiger partial charge is 0.255 e. The molecular formula is C20H26N2O3. The fraction of sp³-hybridized carbons (Fsp3) is 0.450. The van der Waals surface area contributed by atoms with Crippen molar-refractivity contribution in [3.8, 4) is 0 Å². The highest BCUT2D eigenvalue weighted by Gasteiger charge is 2.22. The molecule has 1 saturated heterocycles. The zero-order chi connectivity index (χ0) is 17.8. The number of hydrogen-bond donors (Lipinski definition) is 1. The number of rotatable bonds is 5. The molecule has 1 amide bonds. The summed E-state index contributed by atoms with van der Waals surface area (Å²) in [5.74, 6) is 1.32. The molecule has 1 aliphatic heterocycles. The summed E-state index contributed by atoms with van der Waals surface area (Å²) >= 11 is 0. The highest BCUT2D eigenvalue weighted by Crippen LogP contribution is 2.19. The minimum Gasteiger partial charge on any atom is -0.466 e. The van der Waals surface area contributed by atoms with E-state index in [1.165, 1.54) is 5.56 Å². The van der Waals surface area contributed by atoms with E-state index in [1.807, 2.05) is 13.8 Å². The highest BCUT2D eigenvalue weighted by molar-refractivity contribution is 5.95. The SMILES string of the molecule is Cc1ccc([C@H](CN2CCOCC2)NC(=O)c2cc(C)oc2C)cc1. The van der Waals surface area contributed by atoms with Crippen molar-refractivity contribution in [2.45, 2.75) is 26.8 Å². The number of benzene rings is 1. The normalized spacial score (nSPS) is 16.6. The lowest BCUT2D eigenvalue weighted by molar-refractivity contribution is 0.0332. The van der Waals surface area contributed by atoms with E-state index in [-0.39, 0.29) is 11.9 Å². The van der Waals surface area contributed by atoms with Crippen LogP contribution in [0.4, 0.5) is 0 Å². The van der Waals surface area contributed by atoms with Crippen molar-refractivity contribution in [3.05, 3.63) is 58.5 Å². The van der Waals surface area contributed by atoms with Crippen molar-refractivity contribution < 1.29 is 13.9 Å². The second-order valence-electron chi connectivity index (χ2n) is 6.68. The number of aryl methyl sites for hydroxylation is 3. The third-order valence-electron chi connectivity index (χ3n) is 4.62. The number of carbonyl (C=O) groups excluding carboxylic acids is 1. The number of nitrogens with one attached hydrogen (secondary N) is 1. The summed E-state index contributed by atoms with van der Waals surface area (Å²) in [5, 5.41) is 3.19. The van der Waals surface area contributed by atoms with E-state index >= 15 is 0 Å². The molecule has 0 aliphatic carbocycles. The van der Waals surface area contributed by atoms with Crippen LogP contribution in [0.2, 0.25) is 0 Å². The number of furan rings is 1. The molecular weight excluding hydrogens is 316 g/mol. The first-order valence-corrected chi connectivity index (χ1v) is 8.77. The number of morpholine rings is 1. The molecule has 0 bridgehead atoms. The summed E-state index contributed by atoms with van der Waals surface area (Å²) in [6.07, 6.45) is 0. The Hall–Kier alpha value is -2.11. The first kappa shape index (κ1) is 17.7. The zero-order valence-corrected chi connectivity index (χ0v) is 15.2. The number of amides is 1. The lowest BCUT2D eigenvalue weighted by Crippen LogP contribution is -2.43. The van der Waals surface area contributed by atoms with E-state index in [0.29, 0.717) is 11.3 Å². The van der Waals surface area contributed by atoms with Gasteiger partial charge in [0, 0.05) is 19.6 Å². The van der Waals surface area contributed by atoms with Crippen molar-refractivity contribution in [2.75, 3.05) is 32.8 Å². The monoisotopic (exact) mass is 342 g/mol. The second kappa shape index (κ2) is 7.85. The zero-order valence-electron chi connectivity index (χ0n) is 15.2. The molecule has 3 rings (SSSR count). The van der Waals surface area contributed by atoms with Gasteiger partial charge in [-0.3, -0.25) is 9.69 Å². The molecule has 2 heterocycles. The Kier molecular flexibility index (Phi) is 5.56. The van der Waals surface area contributed by atoms with Crippen LogP contribution >= 0.6 is 0 Å². The van der Waals surface area contributed by atoms with Crippen molar-refractivity contribution in [1.82, 2.24) is 10.2 Å². The summed E-state index contributed by atoms with van der Waals surface area (Å²) in [4.78, 5) is 15.1. The molecule has 1 aliphatic rings. The third-order valence-corrected chi connectivity index (χ3v) is 4.62. The number of carbonyl (C=O) groups is 1. The minimum atomic E-state index is -0.0896. The van der Waals surface area contributed by atoms with Crippen molar-refractivity contribution in [2.24, 2.45) is 0 Å². The molecule has 1 N–H and O–H groups in total. The van der Waals surface area contributed by atoms with E-state index in [2.05, 4.69) is 41.4 Å². The van der Waals surface area contributed by atoms with E-state index < -0.39 is 0 Å². The molecule has 0 spiro atoms. The summed E-state index contributed by atoms with van der Waals surface area (Å²) in [5.41, 5.74) is 2.93. The van der Waals surface area contributed by atoms with E-state index in [4.69, 9.17) is 9.15 Å². The molecule has 0 radical (unpaired) electrons. The van der Waals surface area contributed by atoms with E-state index in [9.17, 15) is 4.79 Å². The lowest BCUT2D eigenvalue weighted by Gasteiger charge is -2.31. The van der Waals surface area contributed by atoms with Gasteiger partial charge in [-0.2, -0.15) is 0 Å². The van der Waals surface area contributed by atoms with Gasteiger partial charge in [-0.25, -0.2) is 0 Å². The van der Waals surface area contributed by atoms with Gasteiger partial charge in [-0.05, 0) is 32.4 Å². The van der Waals surface area contributed by atoms with Gasteiger partial charge in [0.05, 0.1) is 24.8 Å². The average molecular weight is 342 g/mol. The molecule has 1 aromatic carbocycles. The van der Waals surface area contributed by atoms with Gasteiger partial charge >= 0.3 is 0 Å². The number of nitrogens with zero attached hydrogens (tertiary/aromatic N) is 1. The van der Waals surface area contributed by atoms with E-state index in [1.54, 1.807) is 6.07 Å². The Bertz CT molecular complexity index is 715. The lowest BCUT2D eigenvalue weighted by atomic mass is 10.0. The van der Waals surface area contributed by atoms with Gasteiger partial charge in [0.1, 0.15) is 11.5 Å². The topological polar surface area (TPSA) is 54.7 Å². The average Bonchev–Trinajstić information content (AvgIpc) is 2.94. The Labute approximate surface area is 149 Å². The van der Waals surface area contributed by atoms with Crippen molar-refractivity contribution >= 4 is 5.91 Å². The Balaban J connectivity index is 1.78. The molecule has 5 nitrogen and oxygen atoms in total. The molecule has 1 atom stereocenters. The van der Waals surface area contributed by atoms with Crippen molar-refractivity contribution in [3.63, 3.8) is 0 Å². The van der Waals surface area contributed by atoms with Crippen LogP contribution in [0, 0.1) is 20.8 Å². The first-order valence-electron chi connectivity index (χ1n) is 8.77. The van der Waals surface area contributed by atoms with Crippen LogP contribution in [0.3, 0.4) is 0 Å². The molecule has 2 aromatic rings. The Morgan fingerprint density at radius 1 is 1.16 bits per heavy atom. The maximum Gasteiger partial charge on any atom is 0.255 e. The van der Waals surface area contributed by atoms with Crippen molar-refractivity contribution in [1.29, 1.82) is 0 Å². The van der Waals surface area contributed by atoms with Gasteiger partial charge in [0.2, 0.25) is 0 Å². The van der Waals surface area contributed by atoms with Crippen LogP contribution in [0.5, 0.6) is 0 Å². The quantitative estimate of drug-likeness (QED) is 0.907. The molecule has 1 aromatic heterocycles. The summed E-state index contributed by atoms with van der Waals surface area (Å²) in [7, 11) is 0. The van der Waals surface area contributed by atoms with Gasteiger partial charge in [0.25, 0.3) is 5.91 Å². The van der Waals surface area contributed by atoms with Crippen LogP contribution in [-0.2, 0) is 4.74 Å². The maximum absolute atomic E-state index is 12.8. The van der Waals surface area contributed by atoms with Crippen LogP contribution in [-0.4, -0.2) is 43.7 Å².